The maximum absolute atomic E-state index is 6.74. The van der Waals surface area contributed by atoms with Crippen molar-refractivity contribution < 1.29 is 8.83 Å². The van der Waals surface area contributed by atoms with Crippen LogP contribution in [0.25, 0.3) is 105 Å². The molecule has 0 saturated heterocycles. The molecule has 0 saturated carbocycles. The number of furan rings is 2. The van der Waals surface area contributed by atoms with Crippen LogP contribution in [-0.4, -0.2) is 15.0 Å². The van der Waals surface area contributed by atoms with Crippen LogP contribution in [0.1, 0.15) is 23.7 Å². The molecule has 0 bridgehead atoms. The summed E-state index contributed by atoms with van der Waals surface area (Å²) in [5, 5.41) is 8.83. The van der Waals surface area contributed by atoms with Gasteiger partial charge in [0.2, 0.25) is 0 Å². The molecule has 1 unspecified atom stereocenters. The highest BCUT2D eigenvalue weighted by atomic mass is 16.3. The van der Waals surface area contributed by atoms with Crippen molar-refractivity contribution in [3.05, 3.63) is 193 Å². The van der Waals surface area contributed by atoms with E-state index >= 15 is 0 Å². The lowest BCUT2D eigenvalue weighted by Gasteiger charge is -2.17. The zero-order chi connectivity index (χ0) is 38.2. The molecular formula is C53H33N3O2. The summed E-state index contributed by atoms with van der Waals surface area (Å²) in [6, 6.07) is 56.9. The van der Waals surface area contributed by atoms with Gasteiger partial charge in [-0.25, -0.2) is 15.0 Å². The molecule has 11 aromatic rings. The number of para-hydroxylation sites is 1. The maximum atomic E-state index is 6.74. The number of allylic oxidation sites excluding steroid dienone is 4. The molecule has 272 valence electrons. The molecule has 0 spiro atoms. The quantitative estimate of drug-likeness (QED) is 0.176. The van der Waals surface area contributed by atoms with Crippen molar-refractivity contribution in [2.45, 2.75) is 12.3 Å². The second-order valence-corrected chi connectivity index (χ2v) is 15.0. The van der Waals surface area contributed by atoms with Crippen LogP contribution in [0.5, 0.6) is 0 Å². The maximum Gasteiger partial charge on any atom is 0.164 e. The second-order valence-electron chi connectivity index (χ2n) is 15.0. The van der Waals surface area contributed by atoms with Gasteiger partial charge in [0, 0.05) is 44.2 Å². The molecule has 0 aliphatic heterocycles. The van der Waals surface area contributed by atoms with Gasteiger partial charge < -0.3 is 8.83 Å². The Bertz CT molecular complexity index is 3500. The van der Waals surface area contributed by atoms with E-state index in [-0.39, 0.29) is 5.92 Å². The molecule has 0 amide bonds. The molecule has 5 heteroatoms. The molecule has 1 aliphatic carbocycles. The van der Waals surface area contributed by atoms with E-state index in [1.54, 1.807) is 0 Å². The topological polar surface area (TPSA) is 65.0 Å². The first-order chi connectivity index (χ1) is 28.7. The zero-order valence-corrected chi connectivity index (χ0v) is 31.3. The number of hydrogen-bond acceptors (Lipinski definition) is 5. The zero-order valence-electron chi connectivity index (χ0n) is 31.3. The molecule has 3 aromatic heterocycles. The highest BCUT2D eigenvalue weighted by Crippen LogP contribution is 2.45. The average molecular weight is 744 g/mol. The summed E-state index contributed by atoms with van der Waals surface area (Å²) in [5.41, 5.74) is 9.53. The Hall–Kier alpha value is -7.63. The van der Waals surface area contributed by atoms with Crippen molar-refractivity contribution in [1.29, 1.82) is 0 Å². The molecule has 3 heterocycles. The number of rotatable bonds is 5. The summed E-state index contributed by atoms with van der Waals surface area (Å²) < 4.78 is 13.4. The predicted molar refractivity (Wildman–Crippen MR) is 237 cm³/mol. The minimum atomic E-state index is -0.0222. The van der Waals surface area contributed by atoms with Crippen LogP contribution in [0.4, 0.5) is 0 Å². The standard InChI is InChI=1S/C53H33N3O2/c1-2-11-32(12-3-1)34-23-26-36(27-24-34)51-54-52(38-28-25-33-13-4-5-15-37(33)31-38)56-53(55-51)43-20-10-22-45-49(43)48-40(17-9-21-44(48)57-45)41-18-8-19-42-47-39-16-7-6-14-35(39)29-30-46(47)58-50(41)42/h1-26,28-31,36H,27H2. The first-order valence-electron chi connectivity index (χ1n) is 19.7. The van der Waals surface area contributed by atoms with Gasteiger partial charge in [0.05, 0.1) is 0 Å². The number of fused-ring (bicyclic) bond motifs is 9. The Morgan fingerprint density at radius 1 is 0.448 bits per heavy atom. The molecule has 12 rings (SSSR count). The van der Waals surface area contributed by atoms with Gasteiger partial charge in [-0.2, -0.15) is 0 Å². The van der Waals surface area contributed by atoms with Gasteiger partial charge in [-0.3, -0.25) is 0 Å². The second kappa shape index (κ2) is 13.0. The van der Waals surface area contributed by atoms with Crippen molar-refractivity contribution in [3.63, 3.8) is 0 Å². The van der Waals surface area contributed by atoms with E-state index in [1.807, 2.05) is 24.3 Å². The molecule has 8 aromatic carbocycles. The van der Waals surface area contributed by atoms with Crippen molar-refractivity contribution in [2.24, 2.45) is 0 Å². The van der Waals surface area contributed by atoms with Gasteiger partial charge in [0.15, 0.2) is 11.6 Å². The average Bonchev–Trinajstić information content (AvgIpc) is 3.88. The largest absolute Gasteiger partial charge is 0.456 e. The number of aromatic nitrogens is 3. The normalized spacial score (nSPS) is 14.3. The fourth-order valence-electron chi connectivity index (χ4n) is 8.85. The Kier molecular flexibility index (Phi) is 7.29. The third kappa shape index (κ3) is 5.21. The highest BCUT2D eigenvalue weighted by molar-refractivity contribution is 6.23. The SMILES string of the molecule is C1=CC(c2nc(-c3ccc4ccccc4c3)nc(-c3cccc4oc5cccc(-c6cccc7c6oc6ccc8ccccc8c67)c5c34)n2)CC=C1c1ccccc1. The molecule has 1 atom stereocenters. The monoisotopic (exact) mass is 743 g/mol. The number of nitrogens with zero attached hydrogens (tertiary/aromatic N) is 3. The van der Waals surface area contributed by atoms with Crippen LogP contribution in [0.2, 0.25) is 0 Å². The Balaban J connectivity index is 1.07. The highest BCUT2D eigenvalue weighted by Gasteiger charge is 2.24. The summed E-state index contributed by atoms with van der Waals surface area (Å²) >= 11 is 0. The third-order valence-corrected chi connectivity index (χ3v) is 11.6. The summed E-state index contributed by atoms with van der Waals surface area (Å²) in [4.78, 5) is 15.8. The van der Waals surface area contributed by atoms with Gasteiger partial charge in [-0.1, -0.05) is 158 Å². The summed E-state index contributed by atoms with van der Waals surface area (Å²) in [5.74, 6) is 1.96. The van der Waals surface area contributed by atoms with Gasteiger partial charge in [-0.05, 0) is 68.9 Å². The summed E-state index contributed by atoms with van der Waals surface area (Å²) in [7, 11) is 0. The minimum absolute atomic E-state index is 0.0222. The summed E-state index contributed by atoms with van der Waals surface area (Å²) in [6.45, 7) is 0. The predicted octanol–water partition coefficient (Wildman–Crippen LogP) is 14.1. The lowest BCUT2D eigenvalue weighted by molar-refractivity contribution is 0.669. The van der Waals surface area contributed by atoms with Crippen LogP contribution < -0.4 is 0 Å². The Morgan fingerprint density at radius 2 is 1.12 bits per heavy atom. The fraction of sp³-hybridized carbons (Fsp3) is 0.0377. The van der Waals surface area contributed by atoms with Crippen LogP contribution in [0.3, 0.4) is 0 Å². The van der Waals surface area contributed by atoms with E-state index in [1.165, 1.54) is 27.3 Å². The van der Waals surface area contributed by atoms with E-state index in [0.29, 0.717) is 11.6 Å². The lowest BCUT2D eigenvalue weighted by atomic mass is 9.92. The van der Waals surface area contributed by atoms with E-state index in [2.05, 4.69) is 158 Å². The molecule has 1 aliphatic rings. The van der Waals surface area contributed by atoms with Crippen molar-refractivity contribution >= 4 is 71.0 Å². The smallest absolute Gasteiger partial charge is 0.164 e. The molecule has 58 heavy (non-hydrogen) atoms. The van der Waals surface area contributed by atoms with Crippen molar-refractivity contribution in [2.75, 3.05) is 0 Å². The van der Waals surface area contributed by atoms with E-state index in [0.717, 1.165) is 83.8 Å². The first kappa shape index (κ1) is 32.6. The minimum Gasteiger partial charge on any atom is -0.456 e. The van der Waals surface area contributed by atoms with Gasteiger partial charge in [0.25, 0.3) is 0 Å². The number of hydrogen-bond donors (Lipinski definition) is 0. The first-order valence-corrected chi connectivity index (χ1v) is 19.7. The number of benzene rings is 8. The van der Waals surface area contributed by atoms with Crippen LogP contribution >= 0.6 is 0 Å². The van der Waals surface area contributed by atoms with E-state index in [4.69, 9.17) is 23.8 Å². The molecule has 0 radical (unpaired) electrons. The molecule has 5 nitrogen and oxygen atoms in total. The van der Waals surface area contributed by atoms with Crippen molar-refractivity contribution in [3.8, 4) is 33.9 Å². The Morgan fingerprint density at radius 3 is 1.97 bits per heavy atom. The fourth-order valence-corrected chi connectivity index (χ4v) is 8.85. The van der Waals surface area contributed by atoms with Gasteiger partial charge in [-0.15, -0.1) is 0 Å². The Labute approximate surface area is 333 Å². The molecule has 0 fully saturated rings. The van der Waals surface area contributed by atoms with E-state index in [9.17, 15) is 0 Å². The van der Waals surface area contributed by atoms with Crippen LogP contribution in [-0.2, 0) is 0 Å². The van der Waals surface area contributed by atoms with Gasteiger partial charge >= 0.3 is 0 Å². The van der Waals surface area contributed by atoms with Crippen LogP contribution in [0, 0.1) is 0 Å². The molecule has 0 N–H and O–H groups in total. The third-order valence-electron chi connectivity index (χ3n) is 11.6. The van der Waals surface area contributed by atoms with Crippen LogP contribution in [0.15, 0.2) is 191 Å². The van der Waals surface area contributed by atoms with Gasteiger partial charge in [0.1, 0.15) is 28.2 Å². The summed E-state index contributed by atoms with van der Waals surface area (Å²) in [6.07, 6.45) is 7.49. The molecular weight excluding hydrogens is 711 g/mol. The van der Waals surface area contributed by atoms with Crippen molar-refractivity contribution in [1.82, 2.24) is 15.0 Å². The lowest BCUT2D eigenvalue weighted by Crippen LogP contribution is -2.08. The van der Waals surface area contributed by atoms with E-state index < -0.39 is 0 Å².